The minimum atomic E-state index is -0.0618. The molecule has 134 valence electrons. The number of benzene rings is 2. The lowest BCUT2D eigenvalue weighted by Crippen LogP contribution is -2.29. The average molecular weight is 343 g/mol. The maximum Gasteiger partial charge on any atom is 0.224 e. The van der Waals surface area contributed by atoms with E-state index in [0.717, 1.165) is 5.56 Å². The molecule has 5 heteroatoms. The van der Waals surface area contributed by atoms with Crippen molar-refractivity contribution in [2.45, 2.75) is 19.3 Å². The topological polar surface area (TPSA) is 56.8 Å². The molecule has 0 aliphatic rings. The Kier molecular flexibility index (Phi) is 6.69. The zero-order valence-electron chi connectivity index (χ0n) is 15.2. The molecule has 0 aliphatic heterocycles. The number of methoxy groups -OCH3 is 3. The highest BCUT2D eigenvalue weighted by atomic mass is 16.5. The van der Waals surface area contributed by atoms with E-state index in [9.17, 15) is 4.79 Å². The molecule has 2 aromatic carbocycles. The van der Waals surface area contributed by atoms with Gasteiger partial charge in [0.1, 0.15) is 0 Å². The molecule has 1 atom stereocenters. The van der Waals surface area contributed by atoms with Crippen LogP contribution in [0, 0.1) is 0 Å². The Bertz CT molecular complexity index is 700. The SMILES string of the molecule is COc1ccc(CC(=O)NC[C@@H](C)c2ccccc2)c(OC)c1OC. The van der Waals surface area contributed by atoms with Gasteiger partial charge in [0.15, 0.2) is 11.5 Å². The number of amides is 1. The summed E-state index contributed by atoms with van der Waals surface area (Å²) in [5.74, 6) is 1.77. The maximum absolute atomic E-state index is 12.3. The molecule has 0 fully saturated rings. The van der Waals surface area contributed by atoms with Crippen LogP contribution in [-0.2, 0) is 11.2 Å². The zero-order valence-corrected chi connectivity index (χ0v) is 15.2. The van der Waals surface area contributed by atoms with Crippen molar-refractivity contribution in [1.82, 2.24) is 5.32 Å². The van der Waals surface area contributed by atoms with Crippen LogP contribution in [0.4, 0.5) is 0 Å². The Morgan fingerprint density at radius 3 is 2.24 bits per heavy atom. The van der Waals surface area contributed by atoms with Crippen LogP contribution < -0.4 is 19.5 Å². The summed E-state index contributed by atoms with van der Waals surface area (Å²) in [6.45, 7) is 2.67. The number of hydrogen-bond acceptors (Lipinski definition) is 4. The van der Waals surface area contributed by atoms with Gasteiger partial charge in [-0.15, -0.1) is 0 Å². The summed E-state index contributed by atoms with van der Waals surface area (Å²) in [6.07, 6.45) is 0.213. The molecule has 0 saturated heterocycles. The molecule has 0 bridgehead atoms. The van der Waals surface area contributed by atoms with E-state index in [0.29, 0.717) is 23.8 Å². The molecule has 0 saturated carbocycles. The second kappa shape index (κ2) is 8.97. The van der Waals surface area contributed by atoms with Gasteiger partial charge < -0.3 is 19.5 Å². The smallest absolute Gasteiger partial charge is 0.224 e. The lowest BCUT2D eigenvalue weighted by molar-refractivity contribution is -0.120. The molecule has 1 amide bonds. The van der Waals surface area contributed by atoms with E-state index in [-0.39, 0.29) is 18.2 Å². The van der Waals surface area contributed by atoms with E-state index in [1.54, 1.807) is 27.4 Å². The first kappa shape index (κ1) is 18.6. The fraction of sp³-hybridized carbons (Fsp3) is 0.350. The van der Waals surface area contributed by atoms with Crippen LogP contribution in [0.3, 0.4) is 0 Å². The quantitative estimate of drug-likeness (QED) is 0.800. The molecule has 0 aliphatic carbocycles. The molecule has 2 aromatic rings. The van der Waals surface area contributed by atoms with E-state index < -0.39 is 0 Å². The molecule has 5 nitrogen and oxygen atoms in total. The van der Waals surface area contributed by atoms with E-state index in [1.807, 2.05) is 24.3 Å². The second-order valence-corrected chi connectivity index (χ2v) is 5.79. The lowest BCUT2D eigenvalue weighted by Gasteiger charge is -2.16. The number of nitrogens with one attached hydrogen (secondary N) is 1. The van der Waals surface area contributed by atoms with E-state index >= 15 is 0 Å². The van der Waals surface area contributed by atoms with Crippen molar-refractivity contribution >= 4 is 5.91 Å². The highest BCUT2D eigenvalue weighted by molar-refractivity contribution is 5.80. The van der Waals surface area contributed by atoms with Crippen molar-refractivity contribution in [2.75, 3.05) is 27.9 Å². The summed E-state index contributed by atoms with van der Waals surface area (Å²) in [4.78, 5) is 12.3. The fourth-order valence-electron chi connectivity index (χ4n) is 2.70. The van der Waals surface area contributed by atoms with Gasteiger partial charge in [0.25, 0.3) is 0 Å². The van der Waals surface area contributed by atoms with Gasteiger partial charge in [-0.25, -0.2) is 0 Å². The third kappa shape index (κ3) is 4.66. The summed E-state index contributed by atoms with van der Waals surface area (Å²) in [6, 6.07) is 13.7. The first-order chi connectivity index (χ1) is 12.1. The normalized spacial score (nSPS) is 11.5. The van der Waals surface area contributed by atoms with Gasteiger partial charge in [-0.2, -0.15) is 0 Å². The van der Waals surface area contributed by atoms with Crippen molar-refractivity contribution in [3.8, 4) is 17.2 Å². The number of carbonyl (C=O) groups excluding carboxylic acids is 1. The molecular formula is C20H25NO4. The Morgan fingerprint density at radius 2 is 1.64 bits per heavy atom. The summed E-state index contributed by atoms with van der Waals surface area (Å²) in [5, 5.41) is 2.98. The largest absolute Gasteiger partial charge is 0.493 e. The first-order valence-corrected chi connectivity index (χ1v) is 8.20. The predicted molar refractivity (Wildman–Crippen MR) is 97.7 cm³/mol. The number of hydrogen-bond donors (Lipinski definition) is 1. The van der Waals surface area contributed by atoms with Gasteiger partial charge in [0.2, 0.25) is 11.7 Å². The Morgan fingerprint density at radius 1 is 0.960 bits per heavy atom. The highest BCUT2D eigenvalue weighted by Gasteiger charge is 2.18. The zero-order chi connectivity index (χ0) is 18.2. The number of rotatable bonds is 8. The Labute approximate surface area is 148 Å². The summed E-state index contributed by atoms with van der Waals surface area (Å²) >= 11 is 0. The molecular weight excluding hydrogens is 318 g/mol. The average Bonchev–Trinajstić information content (AvgIpc) is 2.66. The van der Waals surface area contributed by atoms with Crippen molar-refractivity contribution in [1.29, 1.82) is 0 Å². The van der Waals surface area contributed by atoms with E-state index in [1.165, 1.54) is 5.56 Å². The minimum Gasteiger partial charge on any atom is -0.493 e. The maximum atomic E-state index is 12.3. The number of carbonyl (C=O) groups is 1. The highest BCUT2D eigenvalue weighted by Crippen LogP contribution is 2.39. The van der Waals surface area contributed by atoms with Crippen LogP contribution in [0.2, 0.25) is 0 Å². The Balaban J connectivity index is 2.03. The van der Waals surface area contributed by atoms with Crippen LogP contribution >= 0.6 is 0 Å². The molecule has 0 spiro atoms. The van der Waals surface area contributed by atoms with Gasteiger partial charge in [0, 0.05) is 12.1 Å². The molecule has 0 radical (unpaired) electrons. The third-order valence-electron chi connectivity index (χ3n) is 4.11. The predicted octanol–water partition coefficient (Wildman–Crippen LogP) is 3.17. The van der Waals surface area contributed by atoms with Crippen molar-refractivity contribution in [3.05, 3.63) is 53.6 Å². The molecule has 0 heterocycles. The van der Waals surface area contributed by atoms with E-state index in [4.69, 9.17) is 14.2 Å². The summed E-state index contributed by atoms with van der Waals surface area (Å²) < 4.78 is 16.0. The minimum absolute atomic E-state index is 0.0618. The lowest BCUT2D eigenvalue weighted by atomic mass is 10.0. The molecule has 0 unspecified atom stereocenters. The standard InChI is InChI=1S/C20H25NO4/c1-14(15-8-6-5-7-9-15)13-21-18(22)12-16-10-11-17(23-2)20(25-4)19(16)24-3/h5-11,14H,12-13H2,1-4H3,(H,21,22)/t14-/m1/s1. The fourth-order valence-corrected chi connectivity index (χ4v) is 2.70. The van der Waals surface area contributed by atoms with Crippen LogP contribution in [0.5, 0.6) is 17.2 Å². The Hall–Kier alpha value is -2.69. The van der Waals surface area contributed by atoms with Crippen LogP contribution in [0.25, 0.3) is 0 Å². The van der Waals surface area contributed by atoms with E-state index in [2.05, 4.69) is 24.4 Å². The molecule has 2 rings (SSSR count). The van der Waals surface area contributed by atoms with Crippen LogP contribution in [-0.4, -0.2) is 33.8 Å². The first-order valence-electron chi connectivity index (χ1n) is 8.20. The van der Waals surface area contributed by atoms with Gasteiger partial charge in [-0.05, 0) is 17.5 Å². The van der Waals surface area contributed by atoms with Crippen LogP contribution in [0.15, 0.2) is 42.5 Å². The second-order valence-electron chi connectivity index (χ2n) is 5.79. The van der Waals surface area contributed by atoms with Gasteiger partial charge in [0.05, 0.1) is 27.8 Å². The summed E-state index contributed by atoms with van der Waals surface area (Å²) in [7, 11) is 4.66. The van der Waals surface area contributed by atoms with Crippen molar-refractivity contribution in [2.24, 2.45) is 0 Å². The molecule has 0 aromatic heterocycles. The van der Waals surface area contributed by atoms with Gasteiger partial charge >= 0.3 is 0 Å². The van der Waals surface area contributed by atoms with Gasteiger partial charge in [-0.1, -0.05) is 43.3 Å². The molecule has 25 heavy (non-hydrogen) atoms. The third-order valence-corrected chi connectivity index (χ3v) is 4.11. The molecule has 1 N–H and O–H groups in total. The van der Waals surface area contributed by atoms with Crippen LogP contribution in [0.1, 0.15) is 24.0 Å². The van der Waals surface area contributed by atoms with Crippen molar-refractivity contribution in [3.63, 3.8) is 0 Å². The monoisotopic (exact) mass is 343 g/mol. The van der Waals surface area contributed by atoms with Crippen molar-refractivity contribution < 1.29 is 19.0 Å². The van der Waals surface area contributed by atoms with Gasteiger partial charge in [-0.3, -0.25) is 4.79 Å². The number of ether oxygens (including phenoxy) is 3. The summed E-state index contributed by atoms with van der Waals surface area (Å²) in [5.41, 5.74) is 1.96.